The highest BCUT2D eigenvalue weighted by Gasteiger charge is 2.23. The smallest absolute Gasteiger partial charge is 0.303 e. The fraction of sp³-hybridized carbons (Fsp3) is 0.214. The molecule has 0 atom stereocenters. The average molecular weight is 285 g/mol. The molecule has 0 N–H and O–H groups in total. The van der Waals surface area contributed by atoms with Crippen LogP contribution < -0.4 is 4.74 Å². The van der Waals surface area contributed by atoms with Crippen LogP contribution in [0.4, 0.5) is 0 Å². The van der Waals surface area contributed by atoms with Crippen molar-refractivity contribution in [2.75, 3.05) is 20.3 Å². The first kappa shape index (κ1) is 13.0. The van der Waals surface area contributed by atoms with Crippen molar-refractivity contribution < 1.29 is 18.7 Å². The molecule has 3 rings (SSSR count). The normalized spacial score (nSPS) is 13.2. The maximum Gasteiger partial charge on any atom is 0.303 e. The highest BCUT2D eigenvalue weighted by Crippen LogP contribution is 2.25. The van der Waals surface area contributed by atoms with Crippen molar-refractivity contribution in [3.63, 3.8) is 0 Å². The van der Waals surface area contributed by atoms with Crippen LogP contribution in [0.3, 0.4) is 0 Å². The number of hydrogen-bond acceptors (Lipinski definition) is 7. The summed E-state index contributed by atoms with van der Waals surface area (Å²) in [7, 11) is 1.59. The van der Waals surface area contributed by atoms with Gasteiger partial charge in [-0.1, -0.05) is 5.16 Å². The van der Waals surface area contributed by atoms with E-state index in [0.717, 1.165) is 11.3 Å². The molecule has 0 bridgehead atoms. The Morgan fingerprint density at radius 2 is 1.95 bits per heavy atom. The summed E-state index contributed by atoms with van der Waals surface area (Å²) < 4.78 is 20.6. The molecule has 2 heterocycles. The van der Waals surface area contributed by atoms with Crippen molar-refractivity contribution in [3.8, 4) is 23.2 Å². The van der Waals surface area contributed by atoms with Gasteiger partial charge in [0.1, 0.15) is 25.0 Å². The van der Waals surface area contributed by atoms with E-state index in [1.807, 2.05) is 6.07 Å². The molecular formula is C14H11N3O4. The number of nitrogens with zero attached hydrogens (tertiary/aromatic N) is 3. The first-order valence-electron chi connectivity index (χ1n) is 6.20. The Bertz CT molecular complexity index is 705. The molecule has 1 aliphatic rings. The summed E-state index contributed by atoms with van der Waals surface area (Å²) in [5, 5.41) is 13.0. The predicted molar refractivity (Wildman–Crippen MR) is 70.7 cm³/mol. The molecule has 7 nitrogen and oxygen atoms in total. The second-order valence-corrected chi connectivity index (χ2v) is 4.12. The maximum absolute atomic E-state index is 9.18. The van der Waals surface area contributed by atoms with E-state index in [9.17, 15) is 5.26 Å². The van der Waals surface area contributed by atoms with Gasteiger partial charge in [-0.2, -0.15) is 10.2 Å². The topological polar surface area (TPSA) is 90.4 Å². The van der Waals surface area contributed by atoms with Crippen molar-refractivity contribution >= 4 is 5.57 Å². The van der Waals surface area contributed by atoms with Crippen molar-refractivity contribution in [2.24, 2.45) is 0 Å². The van der Waals surface area contributed by atoms with Crippen LogP contribution in [0, 0.1) is 11.3 Å². The first-order chi connectivity index (χ1) is 10.3. The van der Waals surface area contributed by atoms with E-state index in [0.29, 0.717) is 19.0 Å². The minimum absolute atomic E-state index is 0.0696. The number of methoxy groups -OCH3 is 1. The molecule has 7 heteroatoms. The second kappa shape index (κ2) is 5.54. The van der Waals surface area contributed by atoms with Gasteiger partial charge in [-0.05, 0) is 24.3 Å². The van der Waals surface area contributed by atoms with E-state index in [1.54, 1.807) is 31.4 Å². The van der Waals surface area contributed by atoms with Gasteiger partial charge in [-0.15, -0.1) is 0 Å². The number of benzene rings is 1. The van der Waals surface area contributed by atoms with Crippen LogP contribution in [0.15, 0.2) is 34.7 Å². The van der Waals surface area contributed by atoms with Crippen LogP contribution in [0.2, 0.25) is 0 Å². The van der Waals surface area contributed by atoms with E-state index < -0.39 is 0 Å². The highest BCUT2D eigenvalue weighted by atomic mass is 16.7. The number of allylic oxidation sites excluding steroid dienone is 1. The second-order valence-electron chi connectivity index (χ2n) is 4.12. The highest BCUT2D eigenvalue weighted by molar-refractivity contribution is 5.73. The Labute approximate surface area is 120 Å². The molecule has 0 saturated carbocycles. The summed E-state index contributed by atoms with van der Waals surface area (Å²) in [6, 6.07) is 9.14. The van der Waals surface area contributed by atoms with Crippen LogP contribution in [0.25, 0.3) is 17.0 Å². The van der Waals surface area contributed by atoms with Gasteiger partial charge >= 0.3 is 5.95 Å². The van der Waals surface area contributed by atoms with Gasteiger partial charge < -0.3 is 18.7 Å². The van der Waals surface area contributed by atoms with Gasteiger partial charge in [0.25, 0.3) is 5.89 Å². The molecule has 0 spiro atoms. The summed E-state index contributed by atoms with van der Waals surface area (Å²) in [6.07, 6.45) is 0. The SMILES string of the molecule is COc1ccc(-c2noc(C(C#N)=C3OCCO3)n2)cc1. The Morgan fingerprint density at radius 1 is 1.24 bits per heavy atom. The number of hydrogen-bond donors (Lipinski definition) is 0. The fourth-order valence-corrected chi connectivity index (χ4v) is 1.82. The summed E-state index contributed by atoms with van der Waals surface area (Å²) in [5.41, 5.74) is 0.848. The van der Waals surface area contributed by atoms with Crippen molar-refractivity contribution in [1.29, 1.82) is 5.26 Å². The minimum atomic E-state index is 0.0696. The van der Waals surface area contributed by atoms with Gasteiger partial charge in [0.15, 0.2) is 5.57 Å². The van der Waals surface area contributed by atoms with Crippen LogP contribution in [0.1, 0.15) is 5.89 Å². The molecule has 1 fully saturated rings. The van der Waals surface area contributed by atoms with E-state index in [4.69, 9.17) is 18.7 Å². The predicted octanol–water partition coefficient (Wildman–Crippen LogP) is 1.98. The lowest BCUT2D eigenvalue weighted by atomic mass is 10.2. The fourth-order valence-electron chi connectivity index (χ4n) is 1.82. The average Bonchev–Trinajstić information content (AvgIpc) is 3.20. The molecule has 1 aliphatic heterocycles. The third kappa shape index (κ3) is 2.51. The number of nitriles is 1. The number of ether oxygens (including phenoxy) is 3. The summed E-state index contributed by atoms with van der Waals surface area (Å²) in [5.74, 6) is 1.30. The van der Waals surface area contributed by atoms with Gasteiger partial charge in [0.2, 0.25) is 5.82 Å². The standard InChI is InChI=1S/C14H11N3O4/c1-18-10-4-2-9(3-5-10)12-16-13(21-17-12)11(8-15)14-19-6-7-20-14/h2-5H,6-7H2,1H3. The van der Waals surface area contributed by atoms with E-state index >= 15 is 0 Å². The molecule has 106 valence electrons. The van der Waals surface area contributed by atoms with E-state index in [-0.39, 0.29) is 17.4 Å². The van der Waals surface area contributed by atoms with Crippen LogP contribution in [0.5, 0.6) is 5.75 Å². The molecular weight excluding hydrogens is 274 g/mol. The molecule has 21 heavy (non-hydrogen) atoms. The van der Waals surface area contributed by atoms with Crippen LogP contribution >= 0.6 is 0 Å². The summed E-state index contributed by atoms with van der Waals surface area (Å²) >= 11 is 0. The van der Waals surface area contributed by atoms with Crippen LogP contribution in [-0.2, 0) is 9.47 Å². The lowest BCUT2D eigenvalue weighted by molar-refractivity contribution is 0.178. The number of rotatable bonds is 3. The first-order valence-corrected chi connectivity index (χ1v) is 6.20. The maximum atomic E-state index is 9.18. The van der Waals surface area contributed by atoms with Crippen LogP contribution in [-0.4, -0.2) is 30.5 Å². The monoisotopic (exact) mass is 285 g/mol. The van der Waals surface area contributed by atoms with Gasteiger partial charge in [0, 0.05) is 5.56 Å². The third-order valence-corrected chi connectivity index (χ3v) is 2.85. The molecule has 0 aliphatic carbocycles. The Kier molecular flexibility index (Phi) is 3.43. The molecule has 0 unspecified atom stereocenters. The zero-order chi connectivity index (χ0) is 14.7. The molecule has 0 amide bonds. The zero-order valence-corrected chi connectivity index (χ0v) is 11.2. The minimum Gasteiger partial charge on any atom is -0.497 e. The largest absolute Gasteiger partial charge is 0.497 e. The molecule has 2 aromatic rings. The molecule has 0 radical (unpaired) electrons. The summed E-state index contributed by atoms with van der Waals surface area (Å²) in [4.78, 5) is 4.19. The van der Waals surface area contributed by atoms with Gasteiger partial charge in [-0.25, -0.2) is 0 Å². The van der Waals surface area contributed by atoms with Crippen molar-refractivity contribution in [2.45, 2.75) is 0 Å². The van der Waals surface area contributed by atoms with E-state index in [2.05, 4.69) is 10.1 Å². The van der Waals surface area contributed by atoms with Crippen molar-refractivity contribution in [3.05, 3.63) is 36.1 Å². The lowest BCUT2D eigenvalue weighted by Crippen LogP contribution is -1.91. The van der Waals surface area contributed by atoms with Gasteiger partial charge in [-0.3, -0.25) is 0 Å². The Balaban J connectivity index is 1.92. The van der Waals surface area contributed by atoms with Gasteiger partial charge in [0.05, 0.1) is 7.11 Å². The lowest BCUT2D eigenvalue weighted by Gasteiger charge is -1.99. The number of aromatic nitrogens is 2. The van der Waals surface area contributed by atoms with E-state index in [1.165, 1.54) is 0 Å². The third-order valence-electron chi connectivity index (χ3n) is 2.85. The zero-order valence-electron chi connectivity index (χ0n) is 11.2. The Morgan fingerprint density at radius 3 is 2.57 bits per heavy atom. The Hall–Kier alpha value is -3.01. The molecule has 1 saturated heterocycles. The summed E-state index contributed by atoms with van der Waals surface area (Å²) in [6.45, 7) is 0.806. The van der Waals surface area contributed by atoms with Crippen molar-refractivity contribution in [1.82, 2.24) is 10.1 Å². The molecule has 1 aromatic carbocycles. The quantitative estimate of drug-likeness (QED) is 0.796. The molecule has 1 aromatic heterocycles.